The van der Waals surface area contributed by atoms with Crippen molar-refractivity contribution in [3.63, 3.8) is 0 Å². The summed E-state index contributed by atoms with van der Waals surface area (Å²) in [5.41, 5.74) is 2.63. The Kier molecular flexibility index (Phi) is 3.99. The Morgan fingerprint density at radius 2 is 2.04 bits per heavy atom. The molecule has 1 amide bonds. The third-order valence-corrected chi connectivity index (χ3v) is 4.73. The highest BCUT2D eigenvalue weighted by atomic mass is 16.2. The fourth-order valence-electron chi connectivity index (χ4n) is 3.39. The highest BCUT2D eigenvalue weighted by Gasteiger charge is 2.25. The summed E-state index contributed by atoms with van der Waals surface area (Å²) in [5, 5.41) is 0. The van der Waals surface area contributed by atoms with Crippen LogP contribution in [0.3, 0.4) is 0 Å². The number of aromatic nitrogens is 3. The highest BCUT2D eigenvalue weighted by molar-refractivity contribution is 5.93. The van der Waals surface area contributed by atoms with Gasteiger partial charge in [0.15, 0.2) is 0 Å². The number of rotatable bonds is 3. The Morgan fingerprint density at radius 3 is 2.79 bits per heavy atom. The first-order valence-electron chi connectivity index (χ1n) is 8.41. The molecule has 0 saturated carbocycles. The van der Waals surface area contributed by atoms with E-state index in [0.717, 1.165) is 38.0 Å². The molecule has 24 heavy (non-hydrogen) atoms. The summed E-state index contributed by atoms with van der Waals surface area (Å²) in [5.74, 6) is 0.665. The topological polar surface area (TPSA) is 50.5 Å². The van der Waals surface area contributed by atoms with Gasteiger partial charge in [-0.2, -0.15) is 0 Å². The average molecular weight is 320 g/mol. The van der Waals surface area contributed by atoms with Gasteiger partial charge in [0.25, 0.3) is 5.91 Å². The Bertz CT molecular complexity index is 802. The molecule has 0 atom stereocenters. The maximum atomic E-state index is 12.7. The fraction of sp³-hybridized carbons (Fsp3) is 0.316. The minimum Gasteiger partial charge on any atom is -0.337 e. The van der Waals surface area contributed by atoms with Gasteiger partial charge in [0.1, 0.15) is 11.3 Å². The van der Waals surface area contributed by atoms with E-state index in [1.165, 1.54) is 5.56 Å². The summed E-state index contributed by atoms with van der Waals surface area (Å²) in [6.45, 7) is 1.61. The zero-order valence-electron chi connectivity index (χ0n) is 13.5. The predicted molar refractivity (Wildman–Crippen MR) is 91.8 cm³/mol. The van der Waals surface area contributed by atoms with Gasteiger partial charge in [0, 0.05) is 37.9 Å². The molecule has 4 rings (SSSR count). The number of likely N-dealkylation sites (tertiary alicyclic amines) is 1. The van der Waals surface area contributed by atoms with Gasteiger partial charge in [0.2, 0.25) is 0 Å². The van der Waals surface area contributed by atoms with Crippen LogP contribution in [0.2, 0.25) is 0 Å². The van der Waals surface area contributed by atoms with Gasteiger partial charge in [0.05, 0.1) is 0 Å². The molecule has 1 aliphatic rings. The van der Waals surface area contributed by atoms with Crippen molar-refractivity contribution >= 4 is 11.6 Å². The van der Waals surface area contributed by atoms with E-state index in [1.54, 1.807) is 6.20 Å². The van der Waals surface area contributed by atoms with E-state index in [4.69, 9.17) is 0 Å². The first kappa shape index (κ1) is 14.9. The number of hydrogen-bond acceptors (Lipinski definition) is 3. The van der Waals surface area contributed by atoms with Crippen LogP contribution in [0, 0.1) is 5.92 Å². The molecule has 0 bridgehead atoms. The first-order valence-corrected chi connectivity index (χ1v) is 8.41. The van der Waals surface area contributed by atoms with Crippen LogP contribution in [0.4, 0.5) is 0 Å². The second kappa shape index (κ2) is 6.43. The lowest BCUT2D eigenvalue weighted by Crippen LogP contribution is -2.39. The first-order chi connectivity index (χ1) is 11.8. The van der Waals surface area contributed by atoms with Crippen molar-refractivity contribution in [3.8, 4) is 0 Å². The largest absolute Gasteiger partial charge is 0.337 e. The van der Waals surface area contributed by atoms with E-state index < -0.39 is 0 Å². The van der Waals surface area contributed by atoms with E-state index in [1.807, 2.05) is 52.2 Å². The summed E-state index contributed by atoms with van der Waals surface area (Å²) >= 11 is 0. The molecule has 5 heteroatoms. The summed E-state index contributed by atoms with van der Waals surface area (Å²) < 4.78 is 1.89. The number of carbonyl (C=O) groups is 1. The van der Waals surface area contributed by atoms with Crippen LogP contribution in [-0.4, -0.2) is 38.3 Å². The number of pyridine rings is 2. The van der Waals surface area contributed by atoms with Crippen LogP contribution in [0.25, 0.3) is 5.65 Å². The SMILES string of the molecule is O=C(c1cn2ccccc2n1)N1CCC(Cc2cccnc2)CC1. The van der Waals surface area contributed by atoms with Crippen molar-refractivity contribution in [2.24, 2.45) is 5.92 Å². The fourth-order valence-corrected chi connectivity index (χ4v) is 3.39. The van der Waals surface area contributed by atoms with Crippen LogP contribution in [0.15, 0.2) is 55.1 Å². The van der Waals surface area contributed by atoms with Crippen LogP contribution < -0.4 is 0 Å². The van der Waals surface area contributed by atoms with Crippen molar-refractivity contribution in [2.75, 3.05) is 13.1 Å². The molecule has 0 aromatic carbocycles. The number of nitrogens with zero attached hydrogens (tertiary/aromatic N) is 4. The Hall–Kier alpha value is -2.69. The monoisotopic (exact) mass is 320 g/mol. The Balaban J connectivity index is 1.39. The quantitative estimate of drug-likeness (QED) is 0.745. The van der Waals surface area contributed by atoms with Crippen molar-refractivity contribution in [3.05, 3.63) is 66.4 Å². The van der Waals surface area contributed by atoms with Crippen molar-refractivity contribution in [2.45, 2.75) is 19.3 Å². The van der Waals surface area contributed by atoms with Gasteiger partial charge < -0.3 is 9.30 Å². The van der Waals surface area contributed by atoms with E-state index in [-0.39, 0.29) is 5.91 Å². The summed E-state index contributed by atoms with van der Waals surface area (Å²) in [7, 11) is 0. The second-order valence-electron chi connectivity index (χ2n) is 6.39. The van der Waals surface area contributed by atoms with Crippen LogP contribution in [0.1, 0.15) is 28.9 Å². The molecule has 0 unspecified atom stereocenters. The minimum absolute atomic E-state index is 0.0403. The third-order valence-electron chi connectivity index (χ3n) is 4.73. The number of hydrogen-bond donors (Lipinski definition) is 0. The smallest absolute Gasteiger partial charge is 0.274 e. The van der Waals surface area contributed by atoms with Gasteiger partial charge in [-0.3, -0.25) is 9.78 Å². The molecule has 122 valence electrons. The molecule has 5 nitrogen and oxygen atoms in total. The number of fused-ring (bicyclic) bond motifs is 1. The number of carbonyl (C=O) groups excluding carboxylic acids is 1. The van der Waals surface area contributed by atoms with Crippen LogP contribution in [0.5, 0.6) is 0 Å². The lowest BCUT2D eigenvalue weighted by atomic mass is 9.90. The standard InChI is InChI=1S/C19H20N4O/c24-19(17-14-23-9-2-1-5-18(23)21-17)22-10-6-15(7-11-22)12-16-4-3-8-20-13-16/h1-5,8-9,13-15H,6-7,10-12H2. The molecule has 1 fully saturated rings. The Labute approximate surface area is 141 Å². The molecule has 0 radical (unpaired) electrons. The molecular formula is C19H20N4O. The van der Waals surface area contributed by atoms with Gasteiger partial charge in [-0.05, 0) is 48.9 Å². The van der Waals surface area contributed by atoms with Gasteiger partial charge in [-0.25, -0.2) is 4.98 Å². The number of piperidine rings is 1. The van der Waals surface area contributed by atoms with Crippen molar-refractivity contribution < 1.29 is 4.79 Å². The molecule has 1 saturated heterocycles. The normalized spacial score (nSPS) is 15.8. The molecule has 0 spiro atoms. The zero-order valence-corrected chi connectivity index (χ0v) is 13.5. The zero-order chi connectivity index (χ0) is 16.4. The van der Waals surface area contributed by atoms with Gasteiger partial charge >= 0.3 is 0 Å². The number of imidazole rings is 1. The maximum absolute atomic E-state index is 12.7. The molecule has 3 aromatic rings. The predicted octanol–water partition coefficient (Wildman–Crippen LogP) is 2.82. The van der Waals surface area contributed by atoms with E-state index in [9.17, 15) is 4.79 Å². The number of amides is 1. The average Bonchev–Trinajstić information content (AvgIpc) is 3.07. The minimum atomic E-state index is 0.0403. The molecule has 4 heterocycles. The van der Waals surface area contributed by atoms with Crippen LogP contribution in [-0.2, 0) is 6.42 Å². The lowest BCUT2D eigenvalue weighted by molar-refractivity contribution is 0.0685. The van der Waals surface area contributed by atoms with E-state index in [2.05, 4.69) is 16.0 Å². The van der Waals surface area contributed by atoms with E-state index in [0.29, 0.717) is 11.6 Å². The second-order valence-corrected chi connectivity index (χ2v) is 6.39. The van der Waals surface area contributed by atoms with Gasteiger partial charge in [-0.1, -0.05) is 12.1 Å². The molecule has 0 N–H and O–H groups in total. The van der Waals surface area contributed by atoms with Gasteiger partial charge in [-0.15, -0.1) is 0 Å². The summed E-state index contributed by atoms with van der Waals surface area (Å²) in [4.78, 5) is 23.2. The molecular weight excluding hydrogens is 300 g/mol. The highest BCUT2D eigenvalue weighted by Crippen LogP contribution is 2.22. The van der Waals surface area contributed by atoms with Crippen molar-refractivity contribution in [1.82, 2.24) is 19.3 Å². The third kappa shape index (κ3) is 3.02. The molecule has 3 aromatic heterocycles. The Morgan fingerprint density at radius 1 is 1.17 bits per heavy atom. The van der Waals surface area contributed by atoms with E-state index >= 15 is 0 Å². The molecule has 1 aliphatic heterocycles. The summed E-state index contributed by atoms with van der Waals surface area (Å²) in [6, 6.07) is 9.89. The lowest BCUT2D eigenvalue weighted by Gasteiger charge is -2.31. The summed E-state index contributed by atoms with van der Waals surface area (Å²) in [6.07, 6.45) is 10.6. The molecule has 0 aliphatic carbocycles. The van der Waals surface area contributed by atoms with Crippen LogP contribution >= 0.6 is 0 Å². The van der Waals surface area contributed by atoms with Crippen molar-refractivity contribution in [1.29, 1.82) is 0 Å². The maximum Gasteiger partial charge on any atom is 0.274 e.